The van der Waals surface area contributed by atoms with Crippen molar-refractivity contribution >= 4 is 17.9 Å². The van der Waals surface area contributed by atoms with E-state index in [1.54, 1.807) is 0 Å². The molecule has 0 radical (unpaired) electrons. The van der Waals surface area contributed by atoms with Crippen LogP contribution in [0.3, 0.4) is 0 Å². The molecule has 0 spiro atoms. The first-order chi connectivity index (χ1) is 9.99. The Morgan fingerprint density at radius 1 is 0.955 bits per heavy atom. The van der Waals surface area contributed by atoms with E-state index in [1.165, 1.54) is 32.1 Å². The van der Waals surface area contributed by atoms with Crippen LogP contribution in [0.4, 0.5) is 0 Å². The minimum Gasteiger partial charge on any atom is -0.548 e. The van der Waals surface area contributed by atoms with Crippen LogP contribution in [0.2, 0.25) is 0 Å². The number of carboxylic acid groups (broad SMARTS) is 1. The predicted molar refractivity (Wildman–Crippen MR) is 75.9 cm³/mol. The van der Waals surface area contributed by atoms with Crippen LogP contribution in [0.5, 0.6) is 0 Å². The van der Waals surface area contributed by atoms with Crippen molar-refractivity contribution in [3.8, 4) is 0 Å². The van der Waals surface area contributed by atoms with Crippen LogP contribution in [-0.2, 0) is 19.1 Å². The van der Waals surface area contributed by atoms with Crippen molar-refractivity contribution in [1.29, 1.82) is 0 Å². The zero-order valence-corrected chi connectivity index (χ0v) is 15.8. The Morgan fingerprint density at radius 2 is 1.41 bits per heavy atom. The van der Waals surface area contributed by atoms with Crippen LogP contribution in [0, 0.1) is 0 Å². The molecule has 0 amide bonds. The van der Waals surface area contributed by atoms with E-state index in [0.717, 1.165) is 19.3 Å². The predicted octanol–water partition coefficient (Wildman–Crippen LogP) is -1.94. The van der Waals surface area contributed by atoms with Gasteiger partial charge in [0.2, 0.25) is 0 Å². The van der Waals surface area contributed by atoms with E-state index < -0.39 is 23.9 Å². The van der Waals surface area contributed by atoms with Gasteiger partial charge in [0.1, 0.15) is 6.04 Å². The van der Waals surface area contributed by atoms with Gasteiger partial charge in [0.05, 0.1) is 5.97 Å². The minimum absolute atomic E-state index is 0. The fraction of sp³-hybridized carbons (Fsp3) is 0.800. The summed E-state index contributed by atoms with van der Waals surface area (Å²) in [6.45, 7) is 2.18. The van der Waals surface area contributed by atoms with Crippen molar-refractivity contribution in [2.45, 2.75) is 77.2 Å². The molecule has 0 aliphatic rings. The molecule has 0 bridgehead atoms. The Hall–Kier alpha value is -0.430. The number of ether oxygens (including phenoxy) is 1. The van der Waals surface area contributed by atoms with Crippen molar-refractivity contribution in [2.75, 3.05) is 0 Å². The zero-order valence-electron chi connectivity index (χ0n) is 13.8. The quantitative estimate of drug-likeness (QED) is 0.194. The minimum atomic E-state index is -1.91. The van der Waals surface area contributed by atoms with E-state index in [-0.39, 0.29) is 36.0 Å². The number of hydrogen-bond donors (Lipinski definition) is 1. The SMILES string of the molecule is CCCCCCCCCCCC(=O)OC(=O)C(N)C(=O)[O-].[Na+]. The molecule has 0 aliphatic carbocycles. The molecule has 1 unspecified atom stereocenters. The van der Waals surface area contributed by atoms with E-state index in [4.69, 9.17) is 5.73 Å². The molecular weight excluding hydrogens is 297 g/mol. The number of rotatable bonds is 12. The first-order valence-corrected chi connectivity index (χ1v) is 7.70. The van der Waals surface area contributed by atoms with Crippen LogP contribution in [-0.4, -0.2) is 23.9 Å². The van der Waals surface area contributed by atoms with E-state index in [2.05, 4.69) is 11.7 Å². The zero-order chi connectivity index (χ0) is 16.1. The van der Waals surface area contributed by atoms with Gasteiger partial charge >= 0.3 is 41.5 Å². The summed E-state index contributed by atoms with van der Waals surface area (Å²) in [5.74, 6) is -3.76. The molecule has 122 valence electrons. The molecular formula is C15H26NNaO5. The maximum absolute atomic E-state index is 11.3. The smallest absolute Gasteiger partial charge is 0.548 e. The monoisotopic (exact) mass is 323 g/mol. The summed E-state index contributed by atoms with van der Waals surface area (Å²) in [4.78, 5) is 32.6. The molecule has 0 saturated heterocycles. The van der Waals surface area contributed by atoms with Gasteiger partial charge in [-0.25, -0.2) is 4.79 Å². The standard InChI is InChI=1S/C15H27NO5.Na/c1-2-3-4-5-6-7-8-9-10-11-12(17)21-15(20)13(16)14(18)19;/h13H,2-11,16H2,1H3,(H,18,19);/q;+1/p-1. The van der Waals surface area contributed by atoms with Crippen molar-refractivity contribution in [2.24, 2.45) is 5.73 Å². The third-order valence-corrected chi connectivity index (χ3v) is 3.21. The molecule has 7 heteroatoms. The van der Waals surface area contributed by atoms with Gasteiger partial charge in [0.25, 0.3) is 0 Å². The number of unbranched alkanes of at least 4 members (excludes halogenated alkanes) is 8. The molecule has 0 saturated carbocycles. The number of carbonyl (C=O) groups is 3. The molecule has 22 heavy (non-hydrogen) atoms. The van der Waals surface area contributed by atoms with Gasteiger partial charge < -0.3 is 20.4 Å². The van der Waals surface area contributed by atoms with Crippen LogP contribution in [0.15, 0.2) is 0 Å². The summed E-state index contributed by atoms with van der Waals surface area (Å²) in [7, 11) is 0. The number of carboxylic acids is 1. The topological polar surface area (TPSA) is 110 Å². The van der Waals surface area contributed by atoms with Crippen LogP contribution in [0.25, 0.3) is 0 Å². The van der Waals surface area contributed by atoms with Gasteiger partial charge in [-0.3, -0.25) is 4.79 Å². The summed E-state index contributed by atoms with van der Waals surface area (Å²) in [6, 6.07) is -1.91. The molecule has 0 heterocycles. The Balaban J connectivity index is 0. The van der Waals surface area contributed by atoms with E-state index in [0.29, 0.717) is 6.42 Å². The van der Waals surface area contributed by atoms with Crippen molar-refractivity contribution < 1.29 is 53.8 Å². The normalized spacial score (nSPS) is 11.4. The maximum Gasteiger partial charge on any atom is 1.00 e. The van der Waals surface area contributed by atoms with E-state index in [1.807, 2.05) is 0 Å². The van der Waals surface area contributed by atoms with Gasteiger partial charge in [0, 0.05) is 6.42 Å². The summed E-state index contributed by atoms with van der Waals surface area (Å²) < 4.78 is 4.32. The molecule has 0 aliphatic heterocycles. The number of nitrogens with two attached hydrogens (primary N) is 1. The van der Waals surface area contributed by atoms with Crippen molar-refractivity contribution in [3.05, 3.63) is 0 Å². The summed E-state index contributed by atoms with van der Waals surface area (Å²) in [6.07, 6.45) is 10.1. The van der Waals surface area contributed by atoms with Gasteiger partial charge in [-0.05, 0) is 6.42 Å². The summed E-state index contributed by atoms with van der Waals surface area (Å²) >= 11 is 0. The average Bonchev–Trinajstić information content (AvgIpc) is 2.44. The number of hydrogen-bond acceptors (Lipinski definition) is 6. The van der Waals surface area contributed by atoms with Crippen LogP contribution in [0.1, 0.15) is 71.1 Å². The van der Waals surface area contributed by atoms with Crippen molar-refractivity contribution in [3.63, 3.8) is 0 Å². The first-order valence-electron chi connectivity index (χ1n) is 7.70. The van der Waals surface area contributed by atoms with Gasteiger partial charge in [-0.1, -0.05) is 58.3 Å². The van der Waals surface area contributed by atoms with Crippen LogP contribution < -0.4 is 40.4 Å². The molecule has 0 aromatic heterocycles. The second-order valence-electron chi connectivity index (χ2n) is 5.17. The molecule has 2 N–H and O–H groups in total. The van der Waals surface area contributed by atoms with E-state index in [9.17, 15) is 19.5 Å². The Bertz CT molecular complexity index is 336. The molecule has 0 rings (SSSR count). The largest absolute Gasteiger partial charge is 1.00 e. The summed E-state index contributed by atoms with van der Waals surface area (Å²) in [5, 5.41) is 10.3. The Labute approximate surface area is 154 Å². The fourth-order valence-electron chi connectivity index (χ4n) is 1.90. The second kappa shape index (κ2) is 15.5. The number of esters is 2. The van der Waals surface area contributed by atoms with Gasteiger partial charge in [0.15, 0.2) is 0 Å². The Kier molecular flexibility index (Phi) is 16.8. The fourth-order valence-corrected chi connectivity index (χ4v) is 1.90. The second-order valence-corrected chi connectivity index (χ2v) is 5.17. The first kappa shape index (κ1) is 23.8. The maximum atomic E-state index is 11.3. The summed E-state index contributed by atoms with van der Waals surface area (Å²) in [5.41, 5.74) is 4.96. The third kappa shape index (κ3) is 13.2. The van der Waals surface area contributed by atoms with E-state index >= 15 is 0 Å². The number of carbonyl (C=O) groups excluding carboxylic acids is 3. The molecule has 6 nitrogen and oxygen atoms in total. The molecule has 0 aromatic rings. The molecule has 1 atom stereocenters. The molecule has 0 aromatic carbocycles. The molecule has 0 fully saturated rings. The van der Waals surface area contributed by atoms with Gasteiger partial charge in [-0.2, -0.15) is 0 Å². The third-order valence-electron chi connectivity index (χ3n) is 3.21. The average molecular weight is 323 g/mol. The van der Waals surface area contributed by atoms with Crippen molar-refractivity contribution in [1.82, 2.24) is 0 Å². The van der Waals surface area contributed by atoms with Crippen LogP contribution >= 0.6 is 0 Å². The number of aliphatic carboxylic acids is 1. The Morgan fingerprint density at radius 3 is 1.86 bits per heavy atom. The van der Waals surface area contributed by atoms with Gasteiger partial charge in [-0.15, -0.1) is 0 Å².